The number of hydrogen-bond acceptors (Lipinski definition) is 4. The average molecular weight is 344 g/mol. The van der Waals surface area contributed by atoms with Gasteiger partial charge < -0.3 is 15.2 Å². The van der Waals surface area contributed by atoms with Crippen molar-refractivity contribution in [3.05, 3.63) is 53.1 Å². The zero-order valence-electron chi connectivity index (χ0n) is 13.8. The fourth-order valence-corrected chi connectivity index (χ4v) is 2.39. The first kappa shape index (κ1) is 17.7. The highest BCUT2D eigenvalue weighted by molar-refractivity contribution is 7.80. The second kappa shape index (κ2) is 7.79. The van der Waals surface area contributed by atoms with Gasteiger partial charge in [-0.2, -0.15) is 0 Å². The van der Waals surface area contributed by atoms with Crippen LogP contribution in [0.25, 0.3) is 0 Å². The number of ether oxygens (including phenoxy) is 1. The molecule has 6 heteroatoms. The predicted octanol–water partition coefficient (Wildman–Crippen LogP) is 3.21. The monoisotopic (exact) mass is 344 g/mol. The van der Waals surface area contributed by atoms with Crippen LogP contribution in [0.5, 0.6) is 11.5 Å². The molecule has 0 bridgehead atoms. The molecule has 0 atom stereocenters. The lowest BCUT2D eigenvalue weighted by Crippen LogP contribution is -2.37. The van der Waals surface area contributed by atoms with E-state index in [1.54, 1.807) is 18.2 Å². The molecule has 3 N–H and O–H groups in total. The molecule has 2 aromatic carbocycles. The SMILES string of the molecule is Cc1ccc(OCC(=O)NC(=S)Nc2cc(C)ccc2O)c(C)c1. The van der Waals surface area contributed by atoms with Crippen LogP contribution in [0.1, 0.15) is 16.7 Å². The molecule has 0 unspecified atom stereocenters. The number of benzene rings is 2. The third kappa shape index (κ3) is 4.96. The number of thiocarbonyl (C=S) groups is 1. The Morgan fingerprint density at radius 3 is 2.50 bits per heavy atom. The zero-order chi connectivity index (χ0) is 17.7. The number of phenols is 1. The summed E-state index contributed by atoms with van der Waals surface area (Å²) in [6.45, 7) is 5.66. The summed E-state index contributed by atoms with van der Waals surface area (Å²) in [5.74, 6) is 0.342. The van der Waals surface area contributed by atoms with Gasteiger partial charge in [-0.05, 0) is 62.3 Å². The number of aromatic hydroxyl groups is 1. The lowest BCUT2D eigenvalue weighted by atomic mass is 10.1. The Labute approximate surface area is 146 Å². The summed E-state index contributed by atoms with van der Waals surface area (Å²) < 4.78 is 5.50. The summed E-state index contributed by atoms with van der Waals surface area (Å²) in [7, 11) is 0. The Balaban J connectivity index is 1.87. The molecule has 5 nitrogen and oxygen atoms in total. The lowest BCUT2D eigenvalue weighted by Gasteiger charge is -2.13. The highest BCUT2D eigenvalue weighted by Gasteiger charge is 2.09. The van der Waals surface area contributed by atoms with Crippen molar-refractivity contribution in [2.24, 2.45) is 0 Å². The number of anilines is 1. The van der Waals surface area contributed by atoms with Crippen LogP contribution in [0, 0.1) is 20.8 Å². The Bertz CT molecular complexity index is 775. The molecule has 0 fully saturated rings. The molecule has 126 valence electrons. The average Bonchev–Trinajstić information content (AvgIpc) is 2.50. The van der Waals surface area contributed by atoms with Crippen molar-refractivity contribution in [1.82, 2.24) is 5.32 Å². The maximum atomic E-state index is 11.9. The summed E-state index contributed by atoms with van der Waals surface area (Å²) >= 11 is 5.08. The van der Waals surface area contributed by atoms with Crippen LogP contribution in [-0.2, 0) is 4.79 Å². The van der Waals surface area contributed by atoms with Gasteiger partial charge in [-0.1, -0.05) is 23.8 Å². The van der Waals surface area contributed by atoms with Gasteiger partial charge in [0.15, 0.2) is 11.7 Å². The van der Waals surface area contributed by atoms with Crippen LogP contribution in [0.3, 0.4) is 0 Å². The molecule has 2 aromatic rings. The Kier molecular flexibility index (Phi) is 5.76. The van der Waals surface area contributed by atoms with Crippen LogP contribution >= 0.6 is 12.2 Å². The minimum Gasteiger partial charge on any atom is -0.506 e. The van der Waals surface area contributed by atoms with Crippen molar-refractivity contribution < 1.29 is 14.6 Å². The second-order valence-electron chi connectivity index (χ2n) is 5.58. The fourth-order valence-electron chi connectivity index (χ4n) is 2.17. The maximum Gasteiger partial charge on any atom is 0.264 e. The molecule has 0 aromatic heterocycles. The van der Waals surface area contributed by atoms with Crippen molar-refractivity contribution in [3.8, 4) is 11.5 Å². The zero-order valence-corrected chi connectivity index (χ0v) is 14.7. The molecule has 0 aliphatic carbocycles. The highest BCUT2D eigenvalue weighted by Crippen LogP contribution is 2.23. The van der Waals surface area contributed by atoms with Gasteiger partial charge in [-0.3, -0.25) is 10.1 Å². The van der Waals surface area contributed by atoms with Gasteiger partial charge in [0, 0.05) is 0 Å². The predicted molar refractivity (Wildman–Crippen MR) is 98.6 cm³/mol. The molecular formula is C18H20N2O3S. The van der Waals surface area contributed by atoms with Crippen molar-refractivity contribution in [3.63, 3.8) is 0 Å². The number of aryl methyl sites for hydroxylation is 3. The van der Waals surface area contributed by atoms with Gasteiger partial charge in [-0.25, -0.2) is 0 Å². The topological polar surface area (TPSA) is 70.6 Å². The first-order chi connectivity index (χ1) is 11.3. The van der Waals surface area contributed by atoms with Gasteiger partial charge in [-0.15, -0.1) is 0 Å². The number of rotatable bonds is 4. The third-order valence-corrected chi connectivity index (χ3v) is 3.55. The van der Waals surface area contributed by atoms with Gasteiger partial charge in [0.2, 0.25) is 0 Å². The van der Waals surface area contributed by atoms with E-state index in [9.17, 15) is 9.90 Å². The van der Waals surface area contributed by atoms with Crippen molar-refractivity contribution >= 4 is 28.9 Å². The number of nitrogens with one attached hydrogen (secondary N) is 2. The van der Waals surface area contributed by atoms with Crippen LogP contribution in [0.15, 0.2) is 36.4 Å². The molecule has 0 saturated carbocycles. The van der Waals surface area contributed by atoms with E-state index in [-0.39, 0.29) is 23.4 Å². The van der Waals surface area contributed by atoms with E-state index in [1.807, 2.05) is 39.0 Å². The van der Waals surface area contributed by atoms with E-state index >= 15 is 0 Å². The Hall–Kier alpha value is -2.60. The quantitative estimate of drug-likeness (QED) is 0.587. The number of carbonyl (C=O) groups excluding carboxylic acids is 1. The standard InChI is InChI=1S/C18H20N2O3S/c1-11-5-7-16(13(3)8-11)23-10-17(22)20-18(24)19-14-9-12(2)4-6-15(14)21/h4-9,21H,10H2,1-3H3,(H2,19,20,22,24). The first-order valence-electron chi connectivity index (χ1n) is 7.45. The minimum absolute atomic E-state index is 0.0590. The number of phenolic OH excluding ortho intramolecular Hbond substituents is 1. The van der Waals surface area contributed by atoms with Crippen molar-refractivity contribution in [2.45, 2.75) is 20.8 Å². The summed E-state index contributed by atoms with van der Waals surface area (Å²) in [5, 5.41) is 15.2. The van der Waals surface area contributed by atoms with Crippen molar-refractivity contribution in [2.75, 3.05) is 11.9 Å². The van der Waals surface area contributed by atoms with Gasteiger partial charge in [0.05, 0.1) is 5.69 Å². The summed E-state index contributed by atoms with van der Waals surface area (Å²) in [6, 6.07) is 10.8. The summed E-state index contributed by atoms with van der Waals surface area (Å²) in [6.07, 6.45) is 0. The first-order valence-corrected chi connectivity index (χ1v) is 7.86. The molecule has 0 heterocycles. The molecule has 0 saturated heterocycles. The van der Waals surface area contributed by atoms with Crippen LogP contribution in [-0.4, -0.2) is 22.7 Å². The van der Waals surface area contributed by atoms with Gasteiger partial charge >= 0.3 is 0 Å². The minimum atomic E-state index is -0.375. The largest absolute Gasteiger partial charge is 0.506 e. The highest BCUT2D eigenvalue weighted by atomic mass is 32.1. The van der Waals surface area contributed by atoms with Crippen LogP contribution in [0.2, 0.25) is 0 Å². The van der Waals surface area contributed by atoms with Crippen LogP contribution < -0.4 is 15.4 Å². The molecule has 1 amide bonds. The molecule has 0 radical (unpaired) electrons. The Morgan fingerprint density at radius 1 is 1.12 bits per heavy atom. The number of carbonyl (C=O) groups is 1. The molecule has 0 spiro atoms. The number of amides is 1. The second-order valence-corrected chi connectivity index (χ2v) is 5.99. The van der Waals surface area contributed by atoms with E-state index in [0.717, 1.165) is 16.7 Å². The van der Waals surface area contributed by atoms with E-state index in [2.05, 4.69) is 10.6 Å². The van der Waals surface area contributed by atoms with E-state index in [1.165, 1.54) is 0 Å². The molecular weight excluding hydrogens is 324 g/mol. The molecule has 0 aliphatic heterocycles. The number of hydrogen-bond donors (Lipinski definition) is 3. The lowest BCUT2D eigenvalue weighted by molar-refractivity contribution is -0.121. The van der Waals surface area contributed by atoms with Gasteiger partial charge in [0.25, 0.3) is 5.91 Å². The molecule has 0 aliphatic rings. The van der Waals surface area contributed by atoms with E-state index < -0.39 is 0 Å². The molecule has 2 rings (SSSR count). The van der Waals surface area contributed by atoms with Gasteiger partial charge in [0.1, 0.15) is 11.5 Å². The van der Waals surface area contributed by atoms with E-state index in [4.69, 9.17) is 17.0 Å². The van der Waals surface area contributed by atoms with Crippen molar-refractivity contribution in [1.29, 1.82) is 0 Å². The summed E-state index contributed by atoms with van der Waals surface area (Å²) in [5.41, 5.74) is 3.50. The summed E-state index contributed by atoms with van der Waals surface area (Å²) in [4.78, 5) is 11.9. The smallest absolute Gasteiger partial charge is 0.264 e. The Morgan fingerprint density at radius 2 is 1.79 bits per heavy atom. The normalized spacial score (nSPS) is 10.1. The fraction of sp³-hybridized carbons (Fsp3) is 0.222. The maximum absolute atomic E-state index is 11.9. The third-order valence-electron chi connectivity index (χ3n) is 3.34. The van der Waals surface area contributed by atoms with E-state index in [0.29, 0.717) is 11.4 Å². The van der Waals surface area contributed by atoms with Crippen LogP contribution in [0.4, 0.5) is 5.69 Å². The molecule has 24 heavy (non-hydrogen) atoms.